The van der Waals surface area contributed by atoms with E-state index in [0.717, 1.165) is 17.4 Å². The Morgan fingerprint density at radius 3 is 2.53 bits per heavy atom. The number of nitrogens with two attached hydrogens (primary N) is 1. The zero-order valence-corrected chi connectivity index (χ0v) is 18.7. The number of hydrazone groups is 1. The lowest BCUT2D eigenvalue weighted by molar-refractivity contribution is 0.237. The molecule has 0 aliphatic carbocycles. The number of nitrogens with zero attached hydrogens (tertiary/aromatic N) is 3. The minimum Gasteiger partial charge on any atom is -0.365 e. The van der Waals surface area contributed by atoms with Crippen molar-refractivity contribution in [1.82, 2.24) is 10.3 Å². The molecule has 0 saturated carbocycles. The standard InChI is InChI=1S/C20H22N6O4S2/c1-31(27,28)25-16-4-2-3-15(11-16)18-13-23-20-10-9-19(24-26(18)20)22-12-14-5-7-17(8-6-14)32(21,29)30/h2-11,13,18,20,25H,12H2,1H3,(H,22,24)(H2,21,29,30). The van der Waals surface area contributed by atoms with E-state index in [0.29, 0.717) is 18.1 Å². The Morgan fingerprint density at radius 2 is 1.84 bits per heavy atom. The molecule has 0 radical (unpaired) electrons. The summed E-state index contributed by atoms with van der Waals surface area (Å²) in [6.45, 7) is 0.436. The van der Waals surface area contributed by atoms with E-state index in [1.165, 1.54) is 12.1 Å². The van der Waals surface area contributed by atoms with Gasteiger partial charge in [-0.25, -0.2) is 22.0 Å². The molecule has 0 aromatic heterocycles. The van der Waals surface area contributed by atoms with Gasteiger partial charge in [-0.2, -0.15) is 5.10 Å². The number of fused-ring (bicyclic) bond motifs is 1. The lowest BCUT2D eigenvalue weighted by atomic mass is 10.1. The van der Waals surface area contributed by atoms with Crippen molar-refractivity contribution in [2.45, 2.75) is 23.6 Å². The van der Waals surface area contributed by atoms with Crippen LogP contribution in [0.5, 0.6) is 0 Å². The number of hydrogen-bond acceptors (Lipinski definition) is 8. The van der Waals surface area contributed by atoms with Gasteiger partial charge in [0.15, 0.2) is 6.17 Å². The molecule has 2 atom stereocenters. The molecule has 0 bridgehead atoms. The van der Waals surface area contributed by atoms with Crippen molar-refractivity contribution < 1.29 is 16.8 Å². The summed E-state index contributed by atoms with van der Waals surface area (Å²) in [4.78, 5) is 4.54. The molecule has 0 amide bonds. The molecule has 168 valence electrons. The fourth-order valence-electron chi connectivity index (χ4n) is 3.39. The molecule has 2 unspecified atom stereocenters. The van der Waals surface area contributed by atoms with E-state index in [1.54, 1.807) is 36.5 Å². The number of anilines is 1. The second kappa shape index (κ2) is 8.37. The topological polar surface area (TPSA) is 146 Å². The van der Waals surface area contributed by atoms with E-state index in [-0.39, 0.29) is 17.1 Å². The predicted molar refractivity (Wildman–Crippen MR) is 123 cm³/mol. The first-order valence-corrected chi connectivity index (χ1v) is 13.0. The van der Waals surface area contributed by atoms with E-state index in [4.69, 9.17) is 5.14 Å². The molecular weight excluding hydrogens is 452 g/mol. The summed E-state index contributed by atoms with van der Waals surface area (Å²) in [5.41, 5.74) is 2.19. The zero-order chi connectivity index (χ0) is 22.9. The summed E-state index contributed by atoms with van der Waals surface area (Å²) in [7, 11) is -7.11. The van der Waals surface area contributed by atoms with Crippen molar-refractivity contribution >= 4 is 37.8 Å². The van der Waals surface area contributed by atoms with Crippen LogP contribution in [-0.2, 0) is 26.6 Å². The summed E-state index contributed by atoms with van der Waals surface area (Å²) >= 11 is 0. The third kappa shape index (κ3) is 5.15. The van der Waals surface area contributed by atoms with Crippen LogP contribution in [0.1, 0.15) is 17.2 Å². The molecule has 0 saturated heterocycles. The molecular formula is C20H22N6O4S2. The molecule has 10 nitrogen and oxygen atoms in total. The van der Waals surface area contributed by atoms with Crippen LogP contribution in [0.15, 0.2) is 75.7 Å². The molecule has 2 heterocycles. The van der Waals surface area contributed by atoms with Gasteiger partial charge in [0.25, 0.3) is 0 Å². The summed E-state index contributed by atoms with van der Waals surface area (Å²) < 4.78 is 48.3. The van der Waals surface area contributed by atoms with Crippen molar-refractivity contribution in [3.63, 3.8) is 0 Å². The maximum absolute atomic E-state index is 11.5. The second-order valence-corrected chi connectivity index (χ2v) is 10.7. The van der Waals surface area contributed by atoms with Gasteiger partial charge >= 0.3 is 0 Å². The molecule has 2 aliphatic heterocycles. The predicted octanol–water partition coefficient (Wildman–Crippen LogP) is 1.13. The Balaban J connectivity index is 1.47. The molecule has 0 spiro atoms. The van der Waals surface area contributed by atoms with Crippen LogP contribution < -0.4 is 15.2 Å². The summed E-state index contributed by atoms with van der Waals surface area (Å²) in [6.07, 6.45) is 6.39. The number of primary sulfonamides is 1. The normalized spacial score (nSPS) is 20.1. The van der Waals surface area contributed by atoms with Gasteiger partial charge in [0.05, 0.1) is 11.2 Å². The van der Waals surface area contributed by atoms with Crippen molar-refractivity contribution in [3.05, 3.63) is 71.8 Å². The monoisotopic (exact) mass is 474 g/mol. The lowest BCUT2D eigenvalue weighted by Crippen LogP contribution is -2.34. The average Bonchev–Trinajstić information content (AvgIpc) is 3.14. The van der Waals surface area contributed by atoms with Crippen LogP contribution in [-0.4, -0.2) is 46.3 Å². The Kier molecular flexibility index (Phi) is 5.75. The van der Waals surface area contributed by atoms with E-state index in [9.17, 15) is 16.8 Å². The molecule has 0 fully saturated rings. The fourth-order valence-corrected chi connectivity index (χ4v) is 4.46. The van der Waals surface area contributed by atoms with Crippen LogP contribution in [0.25, 0.3) is 0 Å². The maximum atomic E-state index is 11.5. The highest BCUT2D eigenvalue weighted by molar-refractivity contribution is 7.92. The Bertz CT molecular complexity index is 1320. The van der Waals surface area contributed by atoms with Gasteiger partial charge in [0, 0.05) is 18.4 Å². The van der Waals surface area contributed by atoms with Gasteiger partial charge in [-0.05, 0) is 47.5 Å². The van der Waals surface area contributed by atoms with Gasteiger partial charge in [-0.1, -0.05) is 24.3 Å². The molecule has 2 aliphatic rings. The summed E-state index contributed by atoms with van der Waals surface area (Å²) in [6, 6.07) is 13.1. The number of benzene rings is 2. The van der Waals surface area contributed by atoms with Gasteiger partial charge < -0.3 is 5.32 Å². The van der Waals surface area contributed by atoms with Crippen LogP contribution in [0, 0.1) is 0 Å². The second-order valence-electron chi connectivity index (χ2n) is 7.42. The van der Waals surface area contributed by atoms with E-state index < -0.39 is 20.0 Å². The number of aliphatic imine (C=N–C) groups is 1. The molecule has 12 heteroatoms. The van der Waals surface area contributed by atoms with Crippen LogP contribution in [0.2, 0.25) is 0 Å². The van der Waals surface area contributed by atoms with E-state index in [2.05, 4.69) is 20.1 Å². The van der Waals surface area contributed by atoms with Crippen LogP contribution in [0.3, 0.4) is 0 Å². The first-order chi connectivity index (χ1) is 15.1. The third-order valence-electron chi connectivity index (χ3n) is 4.84. The largest absolute Gasteiger partial charge is 0.365 e. The number of hydrogen-bond donors (Lipinski definition) is 3. The first kappa shape index (κ1) is 22.0. The van der Waals surface area contributed by atoms with Gasteiger partial charge in [0.1, 0.15) is 11.9 Å². The van der Waals surface area contributed by atoms with Crippen LogP contribution >= 0.6 is 0 Å². The number of nitrogens with one attached hydrogen (secondary N) is 2. The van der Waals surface area contributed by atoms with Crippen molar-refractivity contribution in [3.8, 4) is 0 Å². The van der Waals surface area contributed by atoms with E-state index in [1.807, 2.05) is 23.2 Å². The van der Waals surface area contributed by atoms with Gasteiger partial charge in [-0.3, -0.25) is 14.7 Å². The quantitative estimate of drug-likeness (QED) is 0.572. The maximum Gasteiger partial charge on any atom is 0.238 e. The Hall–Kier alpha value is -3.22. The SMILES string of the molecule is CS(=O)(=O)Nc1cccc(C2C=NC3C=CC(NCc4ccc(S(N)(=O)=O)cc4)=NN32)c1. The smallest absolute Gasteiger partial charge is 0.238 e. The van der Waals surface area contributed by atoms with Crippen molar-refractivity contribution in [1.29, 1.82) is 0 Å². The van der Waals surface area contributed by atoms with Gasteiger partial charge in [0.2, 0.25) is 20.0 Å². The minimum absolute atomic E-state index is 0.0589. The summed E-state index contributed by atoms with van der Waals surface area (Å²) in [5, 5.41) is 14.8. The Labute approximate surface area is 186 Å². The highest BCUT2D eigenvalue weighted by atomic mass is 32.2. The van der Waals surface area contributed by atoms with Gasteiger partial charge in [-0.15, -0.1) is 0 Å². The highest BCUT2D eigenvalue weighted by Crippen LogP contribution is 2.31. The highest BCUT2D eigenvalue weighted by Gasteiger charge is 2.31. The molecule has 4 N–H and O–H groups in total. The van der Waals surface area contributed by atoms with E-state index >= 15 is 0 Å². The fraction of sp³-hybridized carbons (Fsp3) is 0.200. The molecule has 4 rings (SSSR count). The average molecular weight is 475 g/mol. The number of rotatable bonds is 6. The van der Waals surface area contributed by atoms with Crippen molar-refractivity contribution in [2.75, 3.05) is 11.0 Å². The third-order valence-corrected chi connectivity index (χ3v) is 6.38. The Morgan fingerprint density at radius 1 is 1.09 bits per heavy atom. The summed E-state index contributed by atoms with van der Waals surface area (Å²) in [5.74, 6) is 0.623. The first-order valence-electron chi connectivity index (χ1n) is 9.60. The van der Waals surface area contributed by atoms with Crippen molar-refractivity contribution in [2.24, 2.45) is 15.2 Å². The number of sulfonamides is 2. The molecule has 2 aromatic rings. The van der Waals surface area contributed by atoms with Crippen LogP contribution in [0.4, 0.5) is 5.69 Å². The molecule has 2 aromatic carbocycles. The minimum atomic E-state index is -3.72. The lowest BCUT2D eigenvalue weighted by Gasteiger charge is -2.28. The zero-order valence-electron chi connectivity index (χ0n) is 17.1. The molecule has 32 heavy (non-hydrogen) atoms. The number of amidine groups is 1.